The Bertz CT molecular complexity index is 1150. The summed E-state index contributed by atoms with van der Waals surface area (Å²) in [6.45, 7) is 5.74. The van der Waals surface area contributed by atoms with Gasteiger partial charge in [-0.05, 0) is 75.1 Å². The summed E-state index contributed by atoms with van der Waals surface area (Å²) < 4.78 is 19.7. The van der Waals surface area contributed by atoms with E-state index in [1.807, 2.05) is 6.07 Å². The van der Waals surface area contributed by atoms with E-state index in [4.69, 9.17) is 4.74 Å². The van der Waals surface area contributed by atoms with E-state index in [1.165, 1.54) is 74.8 Å². The van der Waals surface area contributed by atoms with Gasteiger partial charge in [-0.1, -0.05) is 86.7 Å². The second-order valence-electron chi connectivity index (χ2n) is 11.4. The number of halogens is 1. The van der Waals surface area contributed by atoms with E-state index >= 15 is 0 Å². The summed E-state index contributed by atoms with van der Waals surface area (Å²) in [5.41, 5.74) is 4.44. The van der Waals surface area contributed by atoms with Crippen LogP contribution in [0.25, 0.3) is 11.1 Å². The highest BCUT2D eigenvalue weighted by molar-refractivity contribution is 5.77. The molecule has 1 aliphatic heterocycles. The number of phenols is 1. The van der Waals surface area contributed by atoms with Crippen LogP contribution in [0.5, 0.6) is 5.75 Å². The van der Waals surface area contributed by atoms with Crippen LogP contribution >= 0.6 is 0 Å². The Morgan fingerprint density at radius 2 is 1.56 bits per heavy atom. The highest BCUT2D eigenvalue weighted by Crippen LogP contribution is 2.27. The van der Waals surface area contributed by atoms with E-state index in [0.717, 1.165) is 43.7 Å². The number of ether oxygens (including phenoxy) is 1. The molecular weight excluding hydrogens is 513 g/mol. The fourth-order valence-electron chi connectivity index (χ4n) is 5.68. The number of anilines is 1. The second-order valence-corrected chi connectivity index (χ2v) is 11.4. The van der Waals surface area contributed by atoms with Gasteiger partial charge in [-0.3, -0.25) is 0 Å². The van der Waals surface area contributed by atoms with Crippen molar-refractivity contribution >= 4 is 5.69 Å². The lowest BCUT2D eigenvalue weighted by molar-refractivity contribution is 0.0165. The number of likely N-dealkylation sites (tertiary alicyclic amines) is 1. The molecule has 4 rings (SSSR count). The van der Waals surface area contributed by atoms with Crippen molar-refractivity contribution in [3.8, 4) is 16.9 Å². The number of piperidine rings is 1. The molecule has 0 radical (unpaired) electrons. The normalized spacial score (nSPS) is 14.5. The van der Waals surface area contributed by atoms with Crippen molar-refractivity contribution < 1.29 is 14.2 Å². The van der Waals surface area contributed by atoms with Gasteiger partial charge in [-0.15, -0.1) is 0 Å². The Morgan fingerprint density at radius 1 is 0.878 bits per heavy atom. The zero-order valence-corrected chi connectivity index (χ0v) is 24.7. The maximum absolute atomic E-state index is 13.5. The lowest BCUT2D eigenvalue weighted by atomic mass is 10.0. The van der Waals surface area contributed by atoms with E-state index in [9.17, 15) is 9.50 Å². The third kappa shape index (κ3) is 10.8. The average Bonchev–Trinajstić information content (AvgIpc) is 2.99. The average molecular weight is 562 g/mol. The fraction of sp³-hybridized carbons (Fsp3) is 0.486. The SMILES string of the molecule is CN(CCCCCCCCCN1CCC(OCNc2ccccc2-c2ccccc2)CC1)Cc1ccc(O)c(F)c1. The summed E-state index contributed by atoms with van der Waals surface area (Å²) in [6.07, 6.45) is 11.5. The van der Waals surface area contributed by atoms with Crippen molar-refractivity contribution in [2.24, 2.45) is 0 Å². The van der Waals surface area contributed by atoms with Crippen molar-refractivity contribution in [3.63, 3.8) is 0 Å². The zero-order chi connectivity index (χ0) is 28.7. The third-order valence-corrected chi connectivity index (χ3v) is 8.11. The van der Waals surface area contributed by atoms with Gasteiger partial charge in [0.15, 0.2) is 11.6 Å². The summed E-state index contributed by atoms with van der Waals surface area (Å²) >= 11 is 0. The maximum atomic E-state index is 13.5. The molecule has 0 atom stereocenters. The van der Waals surface area contributed by atoms with Crippen molar-refractivity contribution in [3.05, 3.63) is 84.2 Å². The quantitative estimate of drug-likeness (QED) is 0.130. The molecule has 0 spiro atoms. The van der Waals surface area contributed by atoms with E-state index in [2.05, 4.69) is 70.7 Å². The number of unbranched alkanes of at least 4 members (excludes halogenated alkanes) is 6. The molecule has 3 aromatic rings. The summed E-state index contributed by atoms with van der Waals surface area (Å²) in [5, 5.41) is 12.8. The van der Waals surface area contributed by atoms with Gasteiger partial charge in [0.2, 0.25) is 0 Å². The molecule has 0 aromatic heterocycles. The van der Waals surface area contributed by atoms with Crippen LogP contribution in [0.1, 0.15) is 63.4 Å². The van der Waals surface area contributed by atoms with Crippen LogP contribution in [0, 0.1) is 5.82 Å². The first kappa shape index (κ1) is 31.0. The monoisotopic (exact) mass is 561 g/mol. The van der Waals surface area contributed by atoms with Gasteiger partial charge in [-0.25, -0.2) is 4.39 Å². The molecule has 0 bridgehead atoms. The van der Waals surface area contributed by atoms with Gasteiger partial charge in [-0.2, -0.15) is 0 Å². The van der Waals surface area contributed by atoms with Crippen LogP contribution in [0.2, 0.25) is 0 Å². The summed E-state index contributed by atoms with van der Waals surface area (Å²) in [6, 6.07) is 23.6. The molecule has 1 heterocycles. The smallest absolute Gasteiger partial charge is 0.165 e. The second kappa shape index (κ2) is 17.1. The summed E-state index contributed by atoms with van der Waals surface area (Å²) in [5.74, 6) is -0.823. The van der Waals surface area contributed by atoms with Crippen molar-refractivity contribution in [1.82, 2.24) is 9.80 Å². The molecule has 1 aliphatic rings. The Balaban J connectivity index is 0.981. The minimum atomic E-state index is -0.542. The number of benzene rings is 3. The van der Waals surface area contributed by atoms with Crippen LogP contribution in [0.15, 0.2) is 72.8 Å². The minimum absolute atomic E-state index is 0.281. The van der Waals surface area contributed by atoms with E-state index in [1.54, 1.807) is 6.07 Å². The molecular formula is C35H48FN3O2. The first-order chi connectivity index (χ1) is 20.1. The van der Waals surface area contributed by atoms with E-state index in [0.29, 0.717) is 19.4 Å². The molecule has 2 N–H and O–H groups in total. The number of nitrogens with zero attached hydrogens (tertiary/aromatic N) is 2. The summed E-state index contributed by atoms with van der Waals surface area (Å²) in [7, 11) is 2.07. The molecule has 0 saturated carbocycles. The standard InChI is InChI=1S/C35H48FN3O2/c1-38(27-29-18-19-35(40)33(36)26-29)22-12-5-3-2-4-6-13-23-39-24-20-31(21-25-39)41-28-37-34-17-11-10-16-32(34)30-14-8-7-9-15-30/h7-11,14-19,26,31,37,40H,2-6,12-13,20-25,27-28H2,1H3. The zero-order valence-electron chi connectivity index (χ0n) is 24.7. The van der Waals surface area contributed by atoms with Gasteiger partial charge in [0.25, 0.3) is 0 Å². The number of hydrogen-bond donors (Lipinski definition) is 2. The third-order valence-electron chi connectivity index (χ3n) is 8.11. The molecule has 6 heteroatoms. The molecule has 5 nitrogen and oxygen atoms in total. The number of phenolic OH excluding ortho intramolecular Hbond substituents is 1. The van der Waals surface area contributed by atoms with Crippen LogP contribution in [0.3, 0.4) is 0 Å². The Morgan fingerprint density at radius 3 is 2.32 bits per heavy atom. The number of aromatic hydroxyl groups is 1. The lowest BCUT2D eigenvalue weighted by Crippen LogP contribution is -2.38. The number of rotatable bonds is 17. The largest absolute Gasteiger partial charge is 0.505 e. The Kier molecular flexibility index (Phi) is 13.0. The molecule has 0 unspecified atom stereocenters. The molecule has 0 amide bonds. The molecule has 1 saturated heterocycles. The number of hydrogen-bond acceptors (Lipinski definition) is 5. The van der Waals surface area contributed by atoms with E-state index in [-0.39, 0.29) is 5.75 Å². The van der Waals surface area contributed by atoms with Crippen LogP contribution in [0.4, 0.5) is 10.1 Å². The highest BCUT2D eigenvalue weighted by atomic mass is 19.1. The minimum Gasteiger partial charge on any atom is -0.505 e. The van der Waals surface area contributed by atoms with Gasteiger partial charge < -0.3 is 25.0 Å². The fourth-order valence-corrected chi connectivity index (χ4v) is 5.68. The van der Waals surface area contributed by atoms with Gasteiger partial charge in [0.1, 0.15) is 6.73 Å². The summed E-state index contributed by atoms with van der Waals surface area (Å²) in [4.78, 5) is 4.83. The van der Waals surface area contributed by atoms with Crippen LogP contribution in [-0.2, 0) is 11.3 Å². The Hall–Kier alpha value is -2.93. The predicted octanol–water partition coefficient (Wildman–Crippen LogP) is 7.91. The predicted molar refractivity (Wildman–Crippen MR) is 168 cm³/mol. The first-order valence-corrected chi connectivity index (χ1v) is 15.5. The molecule has 3 aromatic carbocycles. The van der Waals surface area contributed by atoms with Gasteiger partial charge in [0, 0.05) is 30.9 Å². The Labute approximate surface area is 246 Å². The number of para-hydroxylation sites is 1. The van der Waals surface area contributed by atoms with Gasteiger partial charge >= 0.3 is 0 Å². The van der Waals surface area contributed by atoms with Crippen LogP contribution < -0.4 is 5.32 Å². The first-order valence-electron chi connectivity index (χ1n) is 15.5. The molecule has 41 heavy (non-hydrogen) atoms. The topological polar surface area (TPSA) is 48.0 Å². The molecule has 0 aliphatic carbocycles. The highest BCUT2D eigenvalue weighted by Gasteiger charge is 2.19. The maximum Gasteiger partial charge on any atom is 0.165 e. The van der Waals surface area contributed by atoms with Crippen LogP contribution in [-0.4, -0.2) is 61.0 Å². The lowest BCUT2D eigenvalue weighted by Gasteiger charge is -2.32. The molecule has 222 valence electrons. The molecule has 1 fully saturated rings. The van der Waals surface area contributed by atoms with Crippen molar-refractivity contribution in [1.29, 1.82) is 0 Å². The van der Waals surface area contributed by atoms with Crippen molar-refractivity contribution in [2.45, 2.75) is 70.4 Å². The number of nitrogens with one attached hydrogen (secondary N) is 1. The van der Waals surface area contributed by atoms with E-state index < -0.39 is 5.82 Å². The van der Waals surface area contributed by atoms with Crippen molar-refractivity contribution in [2.75, 3.05) is 45.3 Å². The van der Waals surface area contributed by atoms with Gasteiger partial charge in [0.05, 0.1) is 6.10 Å².